The summed E-state index contributed by atoms with van der Waals surface area (Å²) in [6.07, 6.45) is 0. The number of hydrogen-bond acceptors (Lipinski definition) is 4. The first-order valence-corrected chi connectivity index (χ1v) is 6.47. The van der Waals surface area contributed by atoms with Gasteiger partial charge in [-0.05, 0) is 25.5 Å². The molecule has 1 aromatic heterocycles. The van der Waals surface area contributed by atoms with E-state index in [9.17, 15) is 4.79 Å². The monoisotopic (exact) mass is 262 g/mol. The average molecular weight is 262 g/mol. The minimum Gasteiger partial charge on any atom is -0.369 e. The molecule has 0 aliphatic rings. The average Bonchev–Trinajstić information content (AvgIpc) is 2.69. The number of carbonyl (C=O) groups excluding carboxylic acids is 1. The molecule has 1 amide bonds. The van der Waals surface area contributed by atoms with E-state index in [4.69, 9.17) is 5.73 Å². The molecule has 94 valence electrons. The molecule has 0 fully saturated rings. The van der Waals surface area contributed by atoms with Gasteiger partial charge in [0.2, 0.25) is 5.91 Å². The van der Waals surface area contributed by atoms with Crippen LogP contribution < -0.4 is 5.73 Å². The number of primary amides is 1. The summed E-state index contributed by atoms with van der Waals surface area (Å²) in [5.41, 5.74) is 7.30. The number of aromatic nitrogens is 3. The van der Waals surface area contributed by atoms with Crippen LogP contribution in [-0.2, 0) is 4.79 Å². The predicted octanol–water partition coefficient (Wildman–Crippen LogP) is 1.46. The Labute approximate surface area is 109 Å². The number of nitrogens with zero attached hydrogens (tertiary/aromatic N) is 3. The van der Waals surface area contributed by atoms with E-state index < -0.39 is 0 Å². The minimum absolute atomic E-state index is 0.198. The molecule has 0 bridgehead atoms. The van der Waals surface area contributed by atoms with Gasteiger partial charge in [0.25, 0.3) is 0 Å². The Morgan fingerprint density at radius 2 is 2.06 bits per heavy atom. The maximum Gasteiger partial charge on any atom is 0.227 e. The Bertz CT molecular complexity index is 579. The van der Waals surface area contributed by atoms with Crippen LogP contribution in [0, 0.1) is 13.8 Å². The van der Waals surface area contributed by atoms with Gasteiger partial charge in [0.1, 0.15) is 5.82 Å². The second-order valence-corrected chi connectivity index (χ2v) is 4.85. The van der Waals surface area contributed by atoms with Crippen molar-refractivity contribution in [2.75, 3.05) is 5.75 Å². The number of benzene rings is 1. The number of thioether (sulfide) groups is 1. The van der Waals surface area contributed by atoms with Crippen molar-refractivity contribution in [1.82, 2.24) is 14.8 Å². The van der Waals surface area contributed by atoms with Crippen molar-refractivity contribution in [1.29, 1.82) is 0 Å². The van der Waals surface area contributed by atoms with Gasteiger partial charge >= 0.3 is 0 Å². The number of nitrogens with two attached hydrogens (primary N) is 1. The molecule has 1 heterocycles. The van der Waals surface area contributed by atoms with E-state index in [0.717, 1.165) is 17.1 Å². The highest BCUT2D eigenvalue weighted by molar-refractivity contribution is 7.99. The van der Waals surface area contributed by atoms with E-state index in [-0.39, 0.29) is 11.7 Å². The molecular formula is C12H14N4OS. The van der Waals surface area contributed by atoms with Gasteiger partial charge in [-0.15, -0.1) is 10.2 Å². The summed E-state index contributed by atoms with van der Waals surface area (Å²) in [4.78, 5) is 10.8. The zero-order valence-corrected chi connectivity index (χ0v) is 11.1. The fraction of sp³-hybridized carbons (Fsp3) is 0.250. The molecule has 2 N–H and O–H groups in total. The smallest absolute Gasteiger partial charge is 0.227 e. The van der Waals surface area contributed by atoms with Crippen LogP contribution in [0.2, 0.25) is 0 Å². The normalized spacial score (nSPS) is 10.6. The van der Waals surface area contributed by atoms with Crippen molar-refractivity contribution in [3.8, 4) is 5.69 Å². The highest BCUT2D eigenvalue weighted by Gasteiger charge is 2.13. The fourth-order valence-electron chi connectivity index (χ4n) is 1.66. The van der Waals surface area contributed by atoms with Gasteiger partial charge in [-0.1, -0.05) is 30.0 Å². The Kier molecular flexibility index (Phi) is 3.66. The molecule has 0 saturated heterocycles. The van der Waals surface area contributed by atoms with E-state index in [1.165, 1.54) is 11.8 Å². The summed E-state index contributed by atoms with van der Waals surface area (Å²) >= 11 is 1.29. The Balaban J connectivity index is 2.41. The quantitative estimate of drug-likeness (QED) is 0.847. The number of para-hydroxylation sites is 1. The number of hydrogen-bond donors (Lipinski definition) is 1. The predicted molar refractivity (Wildman–Crippen MR) is 70.8 cm³/mol. The van der Waals surface area contributed by atoms with Gasteiger partial charge in [0.15, 0.2) is 5.16 Å². The van der Waals surface area contributed by atoms with Crippen molar-refractivity contribution in [2.24, 2.45) is 5.73 Å². The minimum atomic E-state index is -0.364. The molecule has 0 saturated carbocycles. The summed E-state index contributed by atoms with van der Waals surface area (Å²) in [6.45, 7) is 3.91. The Morgan fingerprint density at radius 3 is 2.72 bits per heavy atom. The second kappa shape index (κ2) is 5.22. The molecule has 0 aliphatic heterocycles. The van der Waals surface area contributed by atoms with Crippen LogP contribution in [0.15, 0.2) is 29.4 Å². The van der Waals surface area contributed by atoms with Gasteiger partial charge in [0.05, 0.1) is 11.4 Å². The number of carbonyl (C=O) groups is 1. The van der Waals surface area contributed by atoms with Crippen LogP contribution in [0.4, 0.5) is 0 Å². The van der Waals surface area contributed by atoms with E-state index in [1.54, 1.807) is 0 Å². The van der Waals surface area contributed by atoms with Crippen LogP contribution in [0.1, 0.15) is 11.4 Å². The Hall–Kier alpha value is -1.82. The molecule has 0 unspecified atom stereocenters. The van der Waals surface area contributed by atoms with Gasteiger partial charge in [-0.25, -0.2) is 0 Å². The van der Waals surface area contributed by atoms with Crippen molar-refractivity contribution >= 4 is 17.7 Å². The third-order valence-electron chi connectivity index (χ3n) is 2.50. The van der Waals surface area contributed by atoms with Gasteiger partial charge in [-0.3, -0.25) is 9.36 Å². The fourth-order valence-corrected chi connectivity index (χ4v) is 2.39. The molecule has 0 radical (unpaired) electrons. The van der Waals surface area contributed by atoms with Crippen molar-refractivity contribution < 1.29 is 4.79 Å². The van der Waals surface area contributed by atoms with Crippen LogP contribution in [-0.4, -0.2) is 26.4 Å². The molecule has 0 spiro atoms. The van der Waals surface area contributed by atoms with Crippen LogP contribution >= 0.6 is 11.8 Å². The number of rotatable bonds is 4. The van der Waals surface area contributed by atoms with Crippen molar-refractivity contribution in [3.05, 3.63) is 35.7 Å². The molecule has 0 atom stereocenters. The lowest BCUT2D eigenvalue weighted by Gasteiger charge is -2.10. The highest BCUT2D eigenvalue weighted by atomic mass is 32.2. The highest BCUT2D eigenvalue weighted by Crippen LogP contribution is 2.23. The SMILES string of the molecule is Cc1ccccc1-n1c(C)nnc1SCC(N)=O. The second-order valence-electron chi connectivity index (χ2n) is 3.91. The van der Waals surface area contributed by atoms with Crippen LogP contribution in [0.3, 0.4) is 0 Å². The van der Waals surface area contributed by atoms with E-state index >= 15 is 0 Å². The largest absolute Gasteiger partial charge is 0.369 e. The third kappa shape index (κ3) is 2.53. The van der Waals surface area contributed by atoms with Crippen molar-refractivity contribution in [3.63, 3.8) is 0 Å². The molecule has 2 aromatic rings. The van der Waals surface area contributed by atoms with Gasteiger partial charge in [-0.2, -0.15) is 0 Å². The van der Waals surface area contributed by atoms with Gasteiger partial charge < -0.3 is 5.73 Å². The lowest BCUT2D eigenvalue weighted by Crippen LogP contribution is -2.13. The first-order chi connectivity index (χ1) is 8.59. The summed E-state index contributed by atoms with van der Waals surface area (Å²) in [5.74, 6) is 0.623. The zero-order valence-electron chi connectivity index (χ0n) is 10.3. The molecule has 6 heteroatoms. The summed E-state index contributed by atoms with van der Waals surface area (Å²) < 4.78 is 1.93. The topological polar surface area (TPSA) is 73.8 Å². The van der Waals surface area contributed by atoms with E-state index in [1.807, 2.05) is 42.7 Å². The lowest BCUT2D eigenvalue weighted by molar-refractivity contribution is -0.115. The maximum atomic E-state index is 10.8. The first kappa shape index (κ1) is 12.6. The standard InChI is InChI=1S/C12H14N4OS/c1-8-5-3-4-6-10(8)16-9(2)14-15-12(16)18-7-11(13)17/h3-6H,7H2,1-2H3,(H2,13,17). The summed E-state index contributed by atoms with van der Waals surface area (Å²) in [6, 6.07) is 7.97. The molecule has 18 heavy (non-hydrogen) atoms. The van der Waals surface area contributed by atoms with Crippen LogP contribution in [0.25, 0.3) is 5.69 Å². The molecular weight excluding hydrogens is 248 g/mol. The first-order valence-electron chi connectivity index (χ1n) is 5.48. The number of amides is 1. The maximum absolute atomic E-state index is 10.8. The summed E-state index contributed by atoms with van der Waals surface area (Å²) in [7, 11) is 0. The third-order valence-corrected chi connectivity index (χ3v) is 3.45. The molecule has 0 aliphatic carbocycles. The lowest BCUT2D eigenvalue weighted by atomic mass is 10.2. The van der Waals surface area contributed by atoms with Gasteiger partial charge in [0, 0.05) is 0 Å². The molecule has 1 aromatic carbocycles. The molecule has 5 nitrogen and oxygen atoms in total. The zero-order chi connectivity index (χ0) is 13.1. The Morgan fingerprint density at radius 1 is 1.33 bits per heavy atom. The van der Waals surface area contributed by atoms with Crippen molar-refractivity contribution in [2.45, 2.75) is 19.0 Å². The van der Waals surface area contributed by atoms with E-state index in [0.29, 0.717) is 5.16 Å². The van der Waals surface area contributed by atoms with Crippen LogP contribution in [0.5, 0.6) is 0 Å². The number of aryl methyl sites for hydroxylation is 2. The van der Waals surface area contributed by atoms with E-state index in [2.05, 4.69) is 10.2 Å². The molecule has 2 rings (SSSR count). The summed E-state index contributed by atoms with van der Waals surface area (Å²) in [5, 5.41) is 8.81.